The van der Waals surface area contributed by atoms with Crippen molar-refractivity contribution in [3.8, 4) is 11.3 Å². The fourth-order valence-electron chi connectivity index (χ4n) is 3.45. The summed E-state index contributed by atoms with van der Waals surface area (Å²) in [5, 5.41) is 4.44. The third-order valence-electron chi connectivity index (χ3n) is 5.22. The van der Waals surface area contributed by atoms with Crippen molar-refractivity contribution in [3.05, 3.63) is 70.9 Å². The first-order valence-electron chi connectivity index (χ1n) is 9.89. The Balaban J connectivity index is 1.33. The lowest BCUT2D eigenvalue weighted by Gasteiger charge is -2.35. The zero-order chi connectivity index (χ0) is 21.8. The molecule has 3 aromatic rings. The van der Waals surface area contributed by atoms with Crippen molar-refractivity contribution < 1.29 is 13.2 Å². The van der Waals surface area contributed by atoms with E-state index in [4.69, 9.17) is 0 Å². The molecular formula is C21H21F3N6O. The number of anilines is 1. The van der Waals surface area contributed by atoms with E-state index in [0.29, 0.717) is 37.7 Å². The molecule has 0 N–H and O–H groups in total. The Hall–Kier alpha value is -3.27. The maximum absolute atomic E-state index is 12.7. The van der Waals surface area contributed by atoms with Gasteiger partial charge in [-0.25, -0.2) is 9.67 Å². The molecule has 0 bridgehead atoms. The van der Waals surface area contributed by atoms with E-state index in [-0.39, 0.29) is 5.56 Å². The summed E-state index contributed by atoms with van der Waals surface area (Å²) >= 11 is 0. The highest BCUT2D eigenvalue weighted by Gasteiger charge is 2.31. The first kappa shape index (κ1) is 21.0. The van der Waals surface area contributed by atoms with E-state index in [9.17, 15) is 18.0 Å². The Morgan fingerprint density at radius 2 is 1.74 bits per heavy atom. The van der Waals surface area contributed by atoms with Gasteiger partial charge >= 0.3 is 6.18 Å². The fourth-order valence-corrected chi connectivity index (χ4v) is 3.45. The van der Waals surface area contributed by atoms with Crippen molar-refractivity contribution in [2.24, 2.45) is 0 Å². The number of hydrogen-bond donors (Lipinski definition) is 0. The van der Waals surface area contributed by atoms with Crippen LogP contribution < -0.4 is 10.5 Å². The second kappa shape index (κ2) is 8.84. The molecule has 1 aliphatic rings. The van der Waals surface area contributed by atoms with Crippen LogP contribution in [0.25, 0.3) is 11.3 Å². The van der Waals surface area contributed by atoms with Crippen LogP contribution in [-0.4, -0.2) is 57.4 Å². The van der Waals surface area contributed by atoms with Crippen LogP contribution in [0.5, 0.6) is 0 Å². The molecule has 162 valence electrons. The molecule has 0 atom stereocenters. The molecule has 7 nitrogen and oxygen atoms in total. The fraction of sp³-hybridized carbons (Fsp3) is 0.333. The lowest BCUT2D eigenvalue weighted by atomic mass is 10.2. The zero-order valence-corrected chi connectivity index (χ0v) is 16.7. The second-order valence-corrected chi connectivity index (χ2v) is 7.25. The van der Waals surface area contributed by atoms with E-state index >= 15 is 0 Å². The van der Waals surface area contributed by atoms with E-state index in [0.717, 1.165) is 30.9 Å². The summed E-state index contributed by atoms with van der Waals surface area (Å²) in [6.07, 6.45) is -0.134. The lowest BCUT2D eigenvalue weighted by Crippen LogP contribution is -2.48. The summed E-state index contributed by atoms with van der Waals surface area (Å²) in [5.41, 5.74) is 0.612. The van der Waals surface area contributed by atoms with Gasteiger partial charge in [0.25, 0.3) is 5.56 Å². The molecule has 0 aliphatic carbocycles. The zero-order valence-electron chi connectivity index (χ0n) is 16.7. The van der Waals surface area contributed by atoms with Crippen molar-refractivity contribution in [2.45, 2.75) is 12.7 Å². The Morgan fingerprint density at radius 3 is 2.39 bits per heavy atom. The normalized spacial score (nSPS) is 15.3. The number of aromatic nitrogens is 4. The Kier molecular flexibility index (Phi) is 5.99. The minimum absolute atomic E-state index is 0.166. The maximum Gasteiger partial charge on any atom is 0.417 e. The van der Waals surface area contributed by atoms with Gasteiger partial charge < -0.3 is 4.90 Å². The number of pyridine rings is 2. The molecule has 1 saturated heterocycles. The van der Waals surface area contributed by atoms with Crippen molar-refractivity contribution in [1.29, 1.82) is 0 Å². The van der Waals surface area contributed by atoms with E-state index < -0.39 is 11.7 Å². The molecule has 0 spiro atoms. The van der Waals surface area contributed by atoms with Crippen molar-refractivity contribution in [1.82, 2.24) is 24.6 Å². The van der Waals surface area contributed by atoms with Gasteiger partial charge in [0.1, 0.15) is 5.82 Å². The van der Waals surface area contributed by atoms with Gasteiger partial charge in [0.2, 0.25) is 0 Å². The highest BCUT2D eigenvalue weighted by atomic mass is 19.4. The van der Waals surface area contributed by atoms with Gasteiger partial charge in [0.05, 0.1) is 17.8 Å². The van der Waals surface area contributed by atoms with Gasteiger partial charge in [-0.15, -0.1) is 0 Å². The SMILES string of the molecule is O=c1ccc(-c2cccnc2)nn1CCN1CCN(c2ccc(C(F)(F)F)cn2)CC1. The minimum atomic E-state index is -4.38. The van der Waals surface area contributed by atoms with Crippen LogP contribution in [0.15, 0.2) is 59.8 Å². The second-order valence-electron chi connectivity index (χ2n) is 7.25. The molecule has 4 rings (SSSR count). The van der Waals surface area contributed by atoms with E-state index in [1.165, 1.54) is 16.8 Å². The monoisotopic (exact) mass is 430 g/mol. The van der Waals surface area contributed by atoms with Crippen LogP contribution in [-0.2, 0) is 12.7 Å². The van der Waals surface area contributed by atoms with E-state index in [1.54, 1.807) is 18.5 Å². The van der Waals surface area contributed by atoms with Crippen LogP contribution in [0.1, 0.15) is 5.56 Å². The molecule has 31 heavy (non-hydrogen) atoms. The van der Waals surface area contributed by atoms with Gasteiger partial charge in [0, 0.05) is 62.9 Å². The van der Waals surface area contributed by atoms with Crippen molar-refractivity contribution in [3.63, 3.8) is 0 Å². The molecule has 3 aromatic heterocycles. The lowest BCUT2D eigenvalue weighted by molar-refractivity contribution is -0.137. The molecule has 4 heterocycles. The summed E-state index contributed by atoms with van der Waals surface area (Å²) in [6, 6.07) is 9.36. The number of rotatable bonds is 5. The molecule has 0 amide bonds. The average molecular weight is 430 g/mol. The van der Waals surface area contributed by atoms with Gasteiger partial charge in [-0.2, -0.15) is 18.3 Å². The summed E-state index contributed by atoms with van der Waals surface area (Å²) in [7, 11) is 0. The largest absolute Gasteiger partial charge is 0.417 e. The first-order valence-corrected chi connectivity index (χ1v) is 9.89. The molecule has 0 saturated carbocycles. The quantitative estimate of drug-likeness (QED) is 0.620. The molecule has 0 radical (unpaired) electrons. The summed E-state index contributed by atoms with van der Waals surface area (Å²) in [6.45, 7) is 3.84. The molecule has 0 unspecified atom stereocenters. The minimum Gasteiger partial charge on any atom is -0.354 e. The van der Waals surface area contributed by atoms with Gasteiger partial charge in [-0.05, 0) is 30.3 Å². The van der Waals surface area contributed by atoms with Gasteiger partial charge in [0.15, 0.2) is 0 Å². The molecular weight excluding hydrogens is 409 g/mol. The maximum atomic E-state index is 12.7. The van der Waals surface area contributed by atoms with Crippen LogP contribution >= 0.6 is 0 Å². The Bertz CT molecular complexity index is 1060. The molecule has 1 aliphatic heterocycles. The molecule has 1 fully saturated rings. The highest BCUT2D eigenvalue weighted by Crippen LogP contribution is 2.29. The third-order valence-corrected chi connectivity index (χ3v) is 5.22. The smallest absolute Gasteiger partial charge is 0.354 e. The summed E-state index contributed by atoms with van der Waals surface area (Å²) in [4.78, 5) is 24.4. The van der Waals surface area contributed by atoms with Crippen LogP contribution in [0, 0.1) is 0 Å². The summed E-state index contributed by atoms with van der Waals surface area (Å²) in [5.74, 6) is 0.537. The van der Waals surface area contributed by atoms with Crippen molar-refractivity contribution >= 4 is 5.82 Å². The number of hydrogen-bond acceptors (Lipinski definition) is 6. The van der Waals surface area contributed by atoms with Gasteiger partial charge in [-0.1, -0.05) is 0 Å². The van der Waals surface area contributed by atoms with Crippen LogP contribution in [0.4, 0.5) is 19.0 Å². The van der Waals surface area contributed by atoms with E-state index in [2.05, 4.69) is 20.0 Å². The Morgan fingerprint density at radius 1 is 0.935 bits per heavy atom. The Labute approximate surface area is 176 Å². The number of piperazine rings is 1. The van der Waals surface area contributed by atoms with E-state index in [1.807, 2.05) is 17.0 Å². The summed E-state index contributed by atoms with van der Waals surface area (Å²) < 4.78 is 39.5. The first-order chi connectivity index (χ1) is 14.9. The molecule has 10 heteroatoms. The average Bonchev–Trinajstić information content (AvgIpc) is 2.79. The number of nitrogens with zero attached hydrogens (tertiary/aromatic N) is 6. The number of halogens is 3. The third kappa shape index (κ3) is 5.08. The molecule has 0 aromatic carbocycles. The highest BCUT2D eigenvalue weighted by molar-refractivity contribution is 5.56. The predicted octanol–water partition coefficient (Wildman–Crippen LogP) is 2.54. The van der Waals surface area contributed by atoms with Crippen LogP contribution in [0.2, 0.25) is 0 Å². The number of alkyl halides is 3. The predicted molar refractivity (Wildman–Crippen MR) is 110 cm³/mol. The van der Waals surface area contributed by atoms with Crippen LogP contribution in [0.3, 0.4) is 0 Å². The standard InChI is InChI=1S/C21H21F3N6O/c22-21(23,24)17-3-5-19(26-15-17)29-11-8-28(9-12-29)10-13-30-20(31)6-4-18(27-30)16-2-1-7-25-14-16/h1-7,14-15H,8-13H2. The van der Waals surface area contributed by atoms with Gasteiger partial charge in [-0.3, -0.25) is 14.7 Å². The topological polar surface area (TPSA) is 67.2 Å². The van der Waals surface area contributed by atoms with Crippen molar-refractivity contribution in [2.75, 3.05) is 37.6 Å².